The molecule has 1 saturated carbocycles. The number of likely N-dealkylation sites (tertiary alicyclic amines) is 1. The van der Waals surface area contributed by atoms with Crippen LogP contribution in [0, 0.1) is 0 Å². The summed E-state index contributed by atoms with van der Waals surface area (Å²) in [6.45, 7) is 2.91. The third-order valence-electron chi connectivity index (χ3n) is 3.68. The van der Waals surface area contributed by atoms with Gasteiger partial charge in [0.1, 0.15) is 0 Å². The van der Waals surface area contributed by atoms with E-state index in [9.17, 15) is 4.79 Å². The highest BCUT2D eigenvalue weighted by atomic mass is 16.2. The first-order valence-corrected chi connectivity index (χ1v) is 5.27. The minimum atomic E-state index is -0.266. The van der Waals surface area contributed by atoms with Gasteiger partial charge in [0.05, 0.1) is 6.04 Å². The van der Waals surface area contributed by atoms with Gasteiger partial charge in [-0.25, -0.2) is 0 Å². The van der Waals surface area contributed by atoms with Crippen molar-refractivity contribution in [2.75, 3.05) is 6.54 Å². The van der Waals surface area contributed by atoms with Gasteiger partial charge < -0.3 is 10.6 Å². The third-order valence-corrected chi connectivity index (χ3v) is 3.68. The molecule has 1 spiro atoms. The van der Waals surface area contributed by atoms with Crippen molar-refractivity contribution in [3.63, 3.8) is 0 Å². The van der Waals surface area contributed by atoms with Gasteiger partial charge >= 0.3 is 0 Å². The van der Waals surface area contributed by atoms with E-state index in [2.05, 4.69) is 0 Å². The highest BCUT2D eigenvalue weighted by Crippen LogP contribution is 2.47. The highest BCUT2D eigenvalue weighted by Gasteiger charge is 2.51. The second kappa shape index (κ2) is 2.98. The van der Waals surface area contributed by atoms with Crippen molar-refractivity contribution in [3.8, 4) is 0 Å². The number of nitrogens with two attached hydrogens (primary N) is 1. The van der Waals surface area contributed by atoms with Crippen LogP contribution in [0.2, 0.25) is 0 Å². The minimum absolute atomic E-state index is 0.174. The average Bonchev–Trinajstić information content (AvgIpc) is 1.98. The van der Waals surface area contributed by atoms with Crippen LogP contribution in [0.15, 0.2) is 0 Å². The molecular weight excluding hydrogens is 164 g/mol. The molecule has 1 atom stereocenters. The molecule has 2 N–H and O–H groups in total. The van der Waals surface area contributed by atoms with E-state index in [-0.39, 0.29) is 17.5 Å². The minimum Gasteiger partial charge on any atom is -0.336 e. The number of hydrogen-bond acceptors (Lipinski definition) is 2. The molecule has 0 radical (unpaired) electrons. The molecule has 3 nitrogen and oxygen atoms in total. The molecule has 2 rings (SSSR count). The van der Waals surface area contributed by atoms with E-state index in [0.717, 1.165) is 13.0 Å². The van der Waals surface area contributed by atoms with Crippen LogP contribution in [-0.4, -0.2) is 28.9 Å². The Balaban J connectivity index is 1.97. The van der Waals surface area contributed by atoms with E-state index in [1.54, 1.807) is 0 Å². The van der Waals surface area contributed by atoms with Crippen molar-refractivity contribution in [2.45, 2.75) is 50.6 Å². The molecule has 1 heterocycles. The number of nitrogens with zero attached hydrogens (tertiary/aromatic N) is 1. The predicted molar refractivity (Wildman–Crippen MR) is 51.2 cm³/mol. The summed E-state index contributed by atoms with van der Waals surface area (Å²) in [6.07, 6.45) is 5.65. The maximum absolute atomic E-state index is 11.8. The topological polar surface area (TPSA) is 46.3 Å². The third kappa shape index (κ3) is 1.17. The summed E-state index contributed by atoms with van der Waals surface area (Å²) >= 11 is 0. The quantitative estimate of drug-likeness (QED) is 0.689. The van der Waals surface area contributed by atoms with Crippen LogP contribution in [0.4, 0.5) is 0 Å². The van der Waals surface area contributed by atoms with Gasteiger partial charge in [-0.05, 0) is 32.1 Å². The molecule has 0 unspecified atom stereocenters. The van der Waals surface area contributed by atoms with Crippen LogP contribution in [0.25, 0.3) is 0 Å². The Kier molecular flexibility index (Phi) is 2.06. The Morgan fingerprint density at radius 2 is 2.23 bits per heavy atom. The van der Waals surface area contributed by atoms with E-state index in [1.807, 2.05) is 11.8 Å². The number of carbonyl (C=O) groups excluding carboxylic acids is 1. The largest absolute Gasteiger partial charge is 0.336 e. The summed E-state index contributed by atoms with van der Waals surface area (Å²) in [5.41, 5.74) is 6.00. The lowest BCUT2D eigenvalue weighted by Gasteiger charge is -2.59. The maximum Gasteiger partial charge on any atom is 0.239 e. The maximum atomic E-state index is 11.8. The Labute approximate surface area is 79.3 Å². The molecule has 1 amide bonds. The van der Waals surface area contributed by atoms with Gasteiger partial charge in [-0.15, -0.1) is 0 Å². The lowest BCUT2D eigenvalue weighted by Crippen LogP contribution is -2.68. The molecular formula is C10H18N2O. The normalized spacial score (nSPS) is 26.5. The summed E-state index contributed by atoms with van der Waals surface area (Å²) < 4.78 is 0. The fourth-order valence-corrected chi connectivity index (χ4v) is 2.36. The molecule has 0 aromatic heterocycles. The molecule has 13 heavy (non-hydrogen) atoms. The first kappa shape index (κ1) is 9.00. The zero-order valence-corrected chi connectivity index (χ0v) is 8.25. The van der Waals surface area contributed by atoms with Gasteiger partial charge in [-0.1, -0.05) is 6.92 Å². The van der Waals surface area contributed by atoms with E-state index in [0.29, 0.717) is 0 Å². The zero-order chi connectivity index (χ0) is 9.47. The van der Waals surface area contributed by atoms with Crippen LogP contribution >= 0.6 is 0 Å². The van der Waals surface area contributed by atoms with Gasteiger partial charge in [0.2, 0.25) is 5.91 Å². The van der Waals surface area contributed by atoms with Crippen molar-refractivity contribution >= 4 is 5.91 Å². The number of amides is 1. The average molecular weight is 182 g/mol. The lowest BCUT2D eigenvalue weighted by atomic mass is 9.67. The smallest absolute Gasteiger partial charge is 0.239 e. The molecule has 0 aromatic carbocycles. The number of hydrogen-bond donors (Lipinski definition) is 1. The van der Waals surface area contributed by atoms with E-state index in [1.165, 1.54) is 25.7 Å². The summed E-state index contributed by atoms with van der Waals surface area (Å²) in [5, 5.41) is 0. The number of rotatable bonds is 2. The second-order valence-electron chi connectivity index (χ2n) is 4.33. The highest BCUT2D eigenvalue weighted by molar-refractivity contribution is 5.83. The zero-order valence-electron chi connectivity index (χ0n) is 8.25. The monoisotopic (exact) mass is 182 g/mol. The molecule has 2 aliphatic rings. The molecule has 3 heteroatoms. The van der Waals surface area contributed by atoms with Gasteiger partial charge in [-0.2, -0.15) is 0 Å². The number of carbonyl (C=O) groups is 1. The predicted octanol–water partition coefficient (Wildman–Crippen LogP) is 0.879. The summed E-state index contributed by atoms with van der Waals surface area (Å²) in [7, 11) is 0. The first-order chi connectivity index (χ1) is 6.19. The van der Waals surface area contributed by atoms with Gasteiger partial charge in [0.25, 0.3) is 0 Å². The van der Waals surface area contributed by atoms with Crippen LogP contribution in [-0.2, 0) is 4.79 Å². The SMILES string of the molecule is CC[C@@H](N)C(=O)N1CCC12CCC2. The Morgan fingerprint density at radius 3 is 2.54 bits per heavy atom. The molecule has 1 aliphatic heterocycles. The first-order valence-electron chi connectivity index (χ1n) is 5.27. The molecule has 1 aliphatic carbocycles. The fraction of sp³-hybridized carbons (Fsp3) is 0.900. The van der Waals surface area contributed by atoms with Gasteiger partial charge in [-0.3, -0.25) is 4.79 Å². The summed E-state index contributed by atoms with van der Waals surface area (Å²) in [6, 6.07) is -0.266. The van der Waals surface area contributed by atoms with Crippen LogP contribution in [0.3, 0.4) is 0 Å². The van der Waals surface area contributed by atoms with E-state index >= 15 is 0 Å². The molecule has 0 aromatic rings. The standard InChI is InChI=1S/C10H18N2O/c1-2-8(11)9(13)12-7-6-10(12)4-3-5-10/h8H,2-7,11H2,1H3/t8-/m1/s1. The van der Waals surface area contributed by atoms with Crippen molar-refractivity contribution in [1.82, 2.24) is 4.90 Å². The lowest BCUT2D eigenvalue weighted by molar-refractivity contribution is -0.157. The van der Waals surface area contributed by atoms with Crippen molar-refractivity contribution in [2.24, 2.45) is 5.73 Å². The molecule has 1 saturated heterocycles. The Hall–Kier alpha value is -0.570. The second-order valence-corrected chi connectivity index (χ2v) is 4.33. The molecule has 74 valence electrons. The summed E-state index contributed by atoms with van der Waals surface area (Å²) in [4.78, 5) is 13.8. The van der Waals surface area contributed by atoms with Crippen molar-refractivity contribution < 1.29 is 4.79 Å². The Bertz CT molecular complexity index is 217. The van der Waals surface area contributed by atoms with E-state index in [4.69, 9.17) is 5.73 Å². The van der Waals surface area contributed by atoms with Crippen LogP contribution < -0.4 is 5.73 Å². The Morgan fingerprint density at radius 1 is 1.54 bits per heavy atom. The van der Waals surface area contributed by atoms with Crippen molar-refractivity contribution in [3.05, 3.63) is 0 Å². The van der Waals surface area contributed by atoms with Gasteiger partial charge in [0.15, 0.2) is 0 Å². The molecule has 0 bridgehead atoms. The molecule has 2 fully saturated rings. The fourth-order valence-electron chi connectivity index (χ4n) is 2.36. The van der Waals surface area contributed by atoms with E-state index < -0.39 is 0 Å². The van der Waals surface area contributed by atoms with Gasteiger partial charge in [0, 0.05) is 12.1 Å². The van der Waals surface area contributed by atoms with Crippen LogP contribution in [0.1, 0.15) is 39.0 Å². The van der Waals surface area contributed by atoms with Crippen LogP contribution in [0.5, 0.6) is 0 Å². The summed E-state index contributed by atoms with van der Waals surface area (Å²) in [5.74, 6) is 0.174. The van der Waals surface area contributed by atoms with Crippen molar-refractivity contribution in [1.29, 1.82) is 0 Å².